The van der Waals surface area contributed by atoms with Crippen LogP contribution in [0.25, 0.3) is 10.8 Å². The topological polar surface area (TPSA) is 178 Å². The molecule has 0 bridgehead atoms. The third-order valence-corrected chi connectivity index (χ3v) is 11.9. The molecule has 3 aliphatic rings. The largest absolute Gasteiger partial charge is 0.494 e. The van der Waals surface area contributed by atoms with Crippen LogP contribution in [0.15, 0.2) is 55.4 Å². The fourth-order valence-electron chi connectivity index (χ4n) is 6.85. The molecule has 3 aromatic rings. The molecule has 18 heteroatoms. The van der Waals surface area contributed by atoms with Gasteiger partial charge in [0.1, 0.15) is 23.4 Å². The minimum Gasteiger partial charge on any atom is -0.494 e. The van der Waals surface area contributed by atoms with Gasteiger partial charge in [-0.3, -0.25) is 29.3 Å². The molecule has 0 spiro atoms. The van der Waals surface area contributed by atoms with Gasteiger partial charge in [-0.25, -0.2) is 18.4 Å². The standard InChI is InChI=1S/C36H41ClF2N6O8S/c1-6-19-15-36(19,33(48)44-54(49,50)23-9-10-23)45-18-22(52-32-25-13-20(37)7-11-24(25)27(51-5)17-41-32)14-26(45)30(46)43-31(47)29(35(2,3)4)42-21-8-12-28(40-16-21)53-34(38)39/h6-8,11-13,16-17,19,22-23,26,29,34,42H,1,9-10,14-15,18H2,2-5H3,(H,44,48)(H,43,46,47)/t19-,22-,26+,29-,36-/m1/s1. The number of sulfonamides is 1. The lowest BCUT2D eigenvalue weighted by Gasteiger charge is -2.34. The molecule has 6 rings (SSSR count). The highest BCUT2D eigenvalue weighted by Gasteiger charge is 2.67. The average Bonchev–Trinajstić information content (AvgIpc) is 4.03. The molecule has 3 amide bonds. The van der Waals surface area contributed by atoms with Gasteiger partial charge in [-0.2, -0.15) is 8.78 Å². The van der Waals surface area contributed by atoms with E-state index in [1.807, 2.05) is 0 Å². The first-order valence-electron chi connectivity index (χ1n) is 17.2. The number of alkyl halides is 2. The van der Waals surface area contributed by atoms with Gasteiger partial charge in [0.15, 0.2) is 0 Å². The van der Waals surface area contributed by atoms with Crippen LogP contribution in [0.3, 0.4) is 0 Å². The summed E-state index contributed by atoms with van der Waals surface area (Å²) in [6, 6.07) is 5.56. The molecule has 3 N–H and O–H groups in total. The molecule has 5 atom stereocenters. The smallest absolute Gasteiger partial charge is 0.388 e. The number of nitrogens with one attached hydrogen (secondary N) is 3. The van der Waals surface area contributed by atoms with E-state index in [0.717, 1.165) is 0 Å². The molecule has 1 aromatic carbocycles. The molecule has 3 fully saturated rings. The molecule has 2 saturated carbocycles. The average molecular weight is 791 g/mol. The summed E-state index contributed by atoms with van der Waals surface area (Å²) in [4.78, 5) is 52.0. The molecule has 1 saturated heterocycles. The van der Waals surface area contributed by atoms with Crippen LogP contribution in [0.5, 0.6) is 17.5 Å². The SMILES string of the molecule is C=C[C@@H]1C[C@@]1(C(=O)NS(=O)(=O)C1CC1)N1C[C@H](Oc2ncc(OC)c3ccc(Cl)cc23)C[C@H]1C(=O)NC(=O)[C@@H](Nc1ccc(OC(F)F)nc1)C(C)(C)C. The van der Waals surface area contributed by atoms with E-state index in [9.17, 15) is 31.6 Å². The van der Waals surface area contributed by atoms with Crippen LogP contribution in [-0.4, -0.2) is 90.2 Å². The number of hydrogen-bond donors (Lipinski definition) is 3. The van der Waals surface area contributed by atoms with Gasteiger partial charge < -0.3 is 19.5 Å². The van der Waals surface area contributed by atoms with Crippen LogP contribution in [0.4, 0.5) is 14.5 Å². The number of ether oxygens (including phenoxy) is 3. The Hall–Kier alpha value is -4.61. The highest BCUT2D eigenvalue weighted by molar-refractivity contribution is 7.91. The zero-order valence-electron chi connectivity index (χ0n) is 30.0. The lowest BCUT2D eigenvalue weighted by atomic mass is 9.86. The van der Waals surface area contributed by atoms with Crippen molar-refractivity contribution in [3.8, 4) is 17.5 Å². The molecular formula is C36H41ClF2N6O8S. The Bertz CT molecular complexity index is 2060. The van der Waals surface area contributed by atoms with Crippen LogP contribution >= 0.6 is 11.6 Å². The van der Waals surface area contributed by atoms with Gasteiger partial charge in [0, 0.05) is 40.7 Å². The summed E-state index contributed by atoms with van der Waals surface area (Å²) in [7, 11) is -2.45. The van der Waals surface area contributed by atoms with Gasteiger partial charge in [-0.1, -0.05) is 38.4 Å². The van der Waals surface area contributed by atoms with Crippen molar-refractivity contribution in [2.24, 2.45) is 11.3 Å². The van der Waals surface area contributed by atoms with Gasteiger partial charge in [0.05, 0.1) is 36.5 Å². The first-order chi connectivity index (χ1) is 25.5. The lowest BCUT2D eigenvalue weighted by molar-refractivity contribution is -0.136. The van der Waals surface area contributed by atoms with Crippen molar-refractivity contribution in [2.45, 2.75) is 82.0 Å². The van der Waals surface area contributed by atoms with E-state index >= 15 is 0 Å². The number of carbonyl (C=O) groups is 3. The summed E-state index contributed by atoms with van der Waals surface area (Å²) in [5.74, 6) is -2.41. The molecule has 1 aliphatic heterocycles. The number of hydrogen-bond acceptors (Lipinski definition) is 12. The molecule has 0 radical (unpaired) electrons. The fraction of sp³-hybridized carbons (Fsp3) is 0.472. The predicted molar refractivity (Wildman–Crippen MR) is 195 cm³/mol. The highest BCUT2D eigenvalue weighted by Crippen LogP contribution is 2.53. The van der Waals surface area contributed by atoms with Crippen molar-refractivity contribution in [1.29, 1.82) is 0 Å². The number of fused-ring (bicyclic) bond motifs is 1. The maximum absolute atomic E-state index is 14.2. The van der Waals surface area contributed by atoms with E-state index in [0.29, 0.717) is 40.1 Å². The first kappa shape index (κ1) is 39.1. The van der Waals surface area contributed by atoms with Gasteiger partial charge in [-0.15, -0.1) is 6.58 Å². The molecule has 290 valence electrons. The number of aromatic nitrogens is 2. The zero-order valence-corrected chi connectivity index (χ0v) is 31.5. The molecule has 2 aromatic heterocycles. The summed E-state index contributed by atoms with van der Waals surface area (Å²) < 4.78 is 69.6. The van der Waals surface area contributed by atoms with Crippen LogP contribution in [0.1, 0.15) is 46.5 Å². The van der Waals surface area contributed by atoms with Gasteiger partial charge in [0.25, 0.3) is 5.91 Å². The van der Waals surface area contributed by atoms with Crippen molar-refractivity contribution >= 4 is 55.8 Å². The predicted octanol–water partition coefficient (Wildman–Crippen LogP) is 4.44. The Balaban J connectivity index is 1.29. The van der Waals surface area contributed by atoms with Crippen molar-refractivity contribution < 1.29 is 45.8 Å². The lowest BCUT2D eigenvalue weighted by Crippen LogP contribution is -2.59. The van der Waals surface area contributed by atoms with E-state index < -0.39 is 74.7 Å². The number of amides is 3. The number of rotatable bonds is 14. The Morgan fingerprint density at radius 2 is 1.85 bits per heavy atom. The Labute approximate surface area is 316 Å². The van der Waals surface area contributed by atoms with Gasteiger partial charge >= 0.3 is 6.61 Å². The number of imide groups is 1. The number of anilines is 1. The van der Waals surface area contributed by atoms with Crippen LogP contribution < -0.4 is 29.6 Å². The van der Waals surface area contributed by atoms with Crippen molar-refractivity contribution in [2.75, 3.05) is 19.0 Å². The maximum Gasteiger partial charge on any atom is 0.388 e. The minimum atomic E-state index is -3.95. The summed E-state index contributed by atoms with van der Waals surface area (Å²) in [6.07, 6.45) is 4.54. The highest BCUT2D eigenvalue weighted by atomic mass is 35.5. The Morgan fingerprint density at radius 1 is 1.11 bits per heavy atom. The number of nitrogens with zero attached hydrogens (tertiary/aromatic N) is 3. The fourth-order valence-corrected chi connectivity index (χ4v) is 8.38. The van der Waals surface area contributed by atoms with E-state index in [1.54, 1.807) is 49.9 Å². The molecule has 0 unspecified atom stereocenters. The van der Waals surface area contributed by atoms with Crippen LogP contribution in [0, 0.1) is 11.3 Å². The Kier molecular flexibility index (Phi) is 10.8. The summed E-state index contributed by atoms with van der Waals surface area (Å²) in [6.45, 7) is 6.07. The Morgan fingerprint density at radius 3 is 2.44 bits per heavy atom. The van der Waals surface area contributed by atoms with E-state index in [1.165, 1.54) is 31.6 Å². The third-order valence-electron chi connectivity index (χ3n) is 9.84. The van der Waals surface area contributed by atoms with E-state index in [-0.39, 0.29) is 31.1 Å². The second kappa shape index (κ2) is 14.9. The molecular weight excluding hydrogens is 750 g/mol. The van der Waals surface area contributed by atoms with Gasteiger partial charge in [-0.05, 0) is 48.9 Å². The quantitative estimate of drug-likeness (QED) is 0.196. The number of halogens is 3. The number of benzene rings is 1. The van der Waals surface area contributed by atoms with Crippen molar-refractivity contribution in [1.82, 2.24) is 24.9 Å². The zero-order chi connectivity index (χ0) is 39.2. The van der Waals surface area contributed by atoms with E-state index in [4.69, 9.17) is 21.1 Å². The van der Waals surface area contributed by atoms with E-state index in [2.05, 4.69) is 36.6 Å². The molecule has 54 heavy (non-hydrogen) atoms. The van der Waals surface area contributed by atoms with Gasteiger partial charge in [0.2, 0.25) is 33.6 Å². The normalized spacial score (nSPS) is 23.4. The minimum absolute atomic E-state index is 0.00766. The summed E-state index contributed by atoms with van der Waals surface area (Å²) in [5, 5.41) is 6.47. The monoisotopic (exact) mass is 790 g/mol. The second-order valence-corrected chi connectivity index (χ2v) is 17.1. The number of carbonyl (C=O) groups excluding carboxylic acids is 3. The van der Waals surface area contributed by atoms with Crippen molar-refractivity contribution in [3.63, 3.8) is 0 Å². The second-order valence-electron chi connectivity index (χ2n) is 14.7. The van der Waals surface area contributed by atoms with Crippen LogP contribution in [-0.2, 0) is 24.4 Å². The first-order valence-corrected chi connectivity index (χ1v) is 19.2. The molecule has 3 heterocycles. The maximum atomic E-state index is 14.2. The molecule has 14 nitrogen and oxygen atoms in total. The molecule has 2 aliphatic carbocycles. The summed E-state index contributed by atoms with van der Waals surface area (Å²) >= 11 is 6.33. The number of methoxy groups -OCH3 is 1. The third kappa shape index (κ3) is 8.07. The van der Waals surface area contributed by atoms with Crippen LogP contribution in [0.2, 0.25) is 5.02 Å². The number of likely N-dealkylation sites (tertiary alicyclic amines) is 1. The summed E-state index contributed by atoms with van der Waals surface area (Å²) in [5.41, 5.74) is -1.95. The van der Waals surface area contributed by atoms with Crippen molar-refractivity contribution in [3.05, 3.63) is 60.4 Å². The number of pyridine rings is 2.